The van der Waals surface area contributed by atoms with Crippen molar-refractivity contribution in [2.75, 3.05) is 0 Å². The van der Waals surface area contributed by atoms with E-state index in [1.807, 2.05) is 13.8 Å². The van der Waals surface area contributed by atoms with Crippen LogP contribution >= 0.6 is 0 Å². The van der Waals surface area contributed by atoms with Gasteiger partial charge in [-0.15, -0.1) is 0 Å². The second-order valence-electron chi connectivity index (χ2n) is 24.4. The molecule has 8 heteroatoms. The van der Waals surface area contributed by atoms with Crippen molar-refractivity contribution < 1.29 is 9.59 Å². The van der Waals surface area contributed by atoms with E-state index in [9.17, 15) is 9.59 Å². The van der Waals surface area contributed by atoms with Crippen molar-refractivity contribution in [2.24, 2.45) is 0 Å². The number of fused-ring (bicyclic) bond motifs is 4. The van der Waals surface area contributed by atoms with Gasteiger partial charge in [-0.2, -0.15) is 0 Å². The highest BCUT2D eigenvalue weighted by Gasteiger charge is 2.32. The minimum absolute atomic E-state index is 0.0130. The van der Waals surface area contributed by atoms with Crippen LogP contribution in [0.25, 0.3) is 43.1 Å². The summed E-state index contributed by atoms with van der Waals surface area (Å²) in [5.41, 5.74) is 24.3. The van der Waals surface area contributed by atoms with Gasteiger partial charge in [0.1, 0.15) is 0 Å². The third-order valence-electron chi connectivity index (χ3n) is 18.9. The molecule has 14 rings (SSSR count). The van der Waals surface area contributed by atoms with Crippen LogP contribution in [0.4, 0.5) is 0 Å². The molecule has 0 aliphatic rings. The Morgan fingerprint density at radius 1 is 0.315 bits per heavy atom. The van der Waals surface area contributed by atoms with Gasteiger partial charge in [-0.1, -0.05) is 177 Å². The lowest BCUT2D eigenvalue weighted by atomic mass is 9.86. The Morgan fingerprint density at radius 3 is 0.921 bits per heavy atom. The molecule has 0 bridgehead atoms. The standard InChI is InChI=1S/C42H41N3O.C39H35N3O/c1-7-31-24(2)41(43-26(31)4)39(34-20-12-16-29-14-8-10-18-32(29)34)36-22-23-37(45-36)40(42-25(3)38(28(6)46)27(5)44-42)35-21-13-17-30-15-9-11-19-33(30)35;1-23-19-20-33(40-23)37(31-17-9-13-27-11-5-7-15-29(27)31)34-21-22-35(42-34)38(39-24(2)36(26(4)43)25(3)41-39)32-18-10-14-28-12-6-8-16-30(28)32/h8-23,39-40,43-45H,7H2,1-6H3;5-22,37-38,40-42H,1-4H3. The number of hydrogen-bond donors (Lipinski definition) is 6. The number of ketones is 2. The molecule has 0 radical (unpaired) electrons. The fraction of sp³-hybridized carbons (Fsp3) is 0.185. The van der Waals surface area contributed by atoms with Crippen LogP contribution in [-0.4, -0.2) is 41.5 Å². The molecule has 0 aliphatic heterocycles. The van der Waals surface area contributed by atoms with E-state index in [4.69, 9.17) is 0 Å². The van der Waals surface area contributed by atoms with Gasteiger partial charge in [-0.05, 0) is 193 Å². The third kappa shape index (κ3) is 10.5. The second kappa shape index (κ2) is 23.8. The van der Waals surface area contributed by atoms with E-state index in [1.165, 1.54) is 87.9 Å². The zero-order valence-corrected chi connectivity index (χ0v) is 52.5. The van der Waals surface area contributed by atoms with Crippen LogP contribution in [0.2, 0.25) is 0 Å². The van der Waals surface area contributed by atoms with Crippen LogP contribution < -0.4 is 0 Å². The molecule has 4 unspecified atom stereocenters. The molecule has 6 heterocycles. The number of hydrogen-bond acceptors (Lipinski definition) is 2. The average molecular weight is 1170 g/mol. The predicted octanol–water partition coefficient (Wildman–Crippen LogP) is 19.8. The zero-order chi connectivity index (χ0) is 61.8. The maximum absolute atomic E-state index is 12.8. The molecule has 4 atom stereocenters. The monoisotopic (exact) mass is 1160 g/mol. The van der Waals surface area contributed by atoms with Crippen molar-refractivity contribution in [2.45, 2.75) is 99.3 Å². The number of benzene rings is 8. The van der Waals surface area contributed by atoms with E-state index in [0.29, 0.717) is 0 Å². The lowest BCUT2D eigenvalue weighted by molar-refractivity contribution is 0.100. The van der Waals surface area contributed by atoms with E-state index in [1.54, 1.807) is 13.8 Å². The highest BCUT2D eigenvalue weighted by Crippen LogP contribution is 2.45. The molecule has 0 saturated heterocycles. The van der Waals surface area contributed by atoms with Crippen molar-refractivity contribution >= 4 is 54.7 Å². The van der Waals surface area contributed by atoms with E-state index in [0.717, 1.165) is 85.6 Å². The van der Waals surface area contributed by atoms with Gasteiger partial charge in [-0.3, -0.25) is 9.59 Å². The minimum Gasteiger partial charge on any atom is -0.362 e. The summed E-state index contributed by atoms with van der Waals surface area (Å²) in [6.07, 6.45) is 0.986. The van der Waals surface area contributed by atoms with Crippen molar-refractivity contribution in [3.05, 3.63) is 330 Å². The molecule has 442 valence electrons. The van der Waals surface area contributed by atoms with Gasteiger partial charge in [-0.25, -0.2) is 0 Å². The molecule has 0 aliphatic carbocycles. The molecule has 0 spiro atoms. The Labute approximate surface area is 520 Å². The van der Waals surface area contributed by atoms with Gasteiger partial charge in [0.25, 0.3) is 0 Å². The fourth-order valence-corrected chi connectivity index (χ4v) is 15.0. The summed E-state index contributed by atoms with van der Waals surface area (Å²) in [5.74, 6) is -0.115. The number of carbonyl (C=O) groups excluding carboxylic acids is 2. The van der Waals surface area contributed by atoms with Crippen molar-refractivity contribution in [3.8, 4) is 0 Å². The Balaban J connectivity index is 0.000000164. The second-order valence-corrected chi connectivity index (χ2v) is 24.4. The largest absolute Gasteiger partial charge is 0.362 e. The van der Waals surface area contributed by atoms with Crippen molar-refractivity contribution in [3.63, 3.8) is 0 Å². The molecule has 89 heavy (non-hydrogen) atoms. The summed E-state index contributed by atoms with van der Waals surface area (Å²) in [6.45, 7) is 20.2. The number of Topliss-reactive ketones (excluding diaryl/α,β-unsaturated/α-hetero) is 2. The maximum Gasteiger partial charge on any atom is 0.161 e. The van der Waals surface area contributed by atoms with Gasteiger partial charge in [0, 0.05) is 79.5 Å². The molecular weight excluding hydrogens is 1090 g/mol. The Kier molecular flexibility index (Phi) is 15.5. The topological polar surface area (TPSA) is 129 Å². The summed E-state index contributed by atoms with van der Waals surface area (Å²) in [6, 6.07) is 73.9. The van der Waals surface area contributed by atoms with Crippen LogP contribution in [0.5, 0.6) is 0 Å². The van der Waals surface area contributed by atoms with Crippen molar-refractivity contribution in [1.29, 1.82) is 0 Å². The molecule has 0 amide bonds. The number of rotatable bonds is 15. The Hall–Kier alpha value is -10.2. The van der Waals surface area contributed by atoms with Gasteiger partial charge < -0.3 is 29.9 Å². The molecular formula is C81H76N6O2. The number of carbonyl (C=O) groups is 2. The zero-order valence-electron chi connectivity index (χ0n) is 52.5. The minimum atomic E-state index is -0.127. The smallest absolute Gasteiger partial charge is 0.161 e. The van der Waals surface area contributed by atoms with Gasteiger partial charge in [0.15, 0.2) is 11.6 Å². The first kappa shape index (κ1) is 57.9. The van der Waals surface area contributed by atoms with Crippen molar-refractivity contribution in [1.82, 2.24) is 29.9 Å². The number of aromatic amines is 6. The first-order valence-electron chi connectivity index (χ1n) is 31.2. The van der Waals surface area contributed by atoms with E-state index >= 15 is 0 Å². The molecule has 6 aromatic heterocycles. The summed E-state index contributed by atoms with van der Waals surface area (Å²) in [5, 5.41) is 9.75. The SMILES string of the molecule is CC(=O)c1c(C)[nH]c(C(c2ccc(C(c3ccc(C)[nH]3)c3cccc4ccccc34)[nH]2)c2cccc3ccccc23)c1C.CCc1c(C)[nH]c(C(c2ccc(C(c3[nH]c(C)c(C(C)=O)c3C)c3cccc4ccccc34)[nH]2)c2cccc3ccccc23)c1C. The quantitative estimate of drug-likeness (QED) is 0.0572. The first-order valence-corrected chi connectivity index (χ1v) is 31.2. The number of aromatic nitrogens is 6. The lowest BCUT2D eigenvalue weighted by Crippen LogP contribution is -2.10. The highest BCUT2D eigenvalue weighted by molar-refractivity contribution is 5.98. The van der Waals surface area contributed by atoms with Crippen LogP contribution in [0, 0.1) is 48.5 Å². The van der Waals surface area contributed by atoms with E-state index < -0.39 is 0 Å². The van der Waals surface area contributed by atoms with E-state index in [-0.39, 0.29) is 35.2 Å². The average Bonchev–Trinajstić information content (AvgIpc) is 1.73. The van der Waals surface area contributed by atoms with Gasteiger partial charge in [0.2, 0.25) is 0 Å². The van der Waals surface area contributed by atoms with Crippen LogP contribution in [-0.2, 0) is 6.42 Å². The van der Waals surface area contributed by atoms with Crippen LogP contribution in [0.3, 0.4) is 0 Å². The van der Waals surface area contributed by atoms with Gasteiger partial charge in [0.05, 0.1) is 23.7 Å². The predicted molar refractivity (Wildman–Crippen MR) is 367 cm³/mol. The van der Waals surface area contributed by atoms with Crippen LogP contribution in [0.15, 0.2) is 206 Å². The van der Waals surface area contributed by atoms with Gasteiger partial charge >= 0.3 is 0 Å². The lowest BCUT2D eigenvalue weighted by Gasteiger charge is -2.21. The highest BCUT2D eigenvalue weighted by atomic mass is 16.1. The normalized spacial score (nSPS) is 13.0. The molecule has 0 fully saturated rings. The Morgan fingerprint density at radius 2 is 0.607 bits per heavy atom. The summed E-state index contributed by atoms with van der Waals surface area (Å²) >= 11 is 0. The summed E-state index contributed by atoms with van der Waals surface area (Å²) in [4.78, 5) is 48.1. The number of aryl methyl sites for hydroxylation is 4. The van der Waals surface area contributed by atoms with E-state index in [2.05, 4.69) is 278 Å². The molecule has 8 nitrogen and oxygen atoms in total. The Bertz CT molecular complexity index is 4970. The molecule has 14 aromatic rings. The first-order chi connectivity index (χ1) is 43.2. The number of nitrogens with one attached hydrogen (secondary N) is 6. The summed E-state index contributed by atoms with van der Waals surface area (Å²) in [7, 11) is 0. The fourth-order valence-electron chi connectivity index (χ4n) is 15.0. The maximum atomic E-state index is 12.8. The molecule has 0 saturated carbocycles. The molecule has 8 aromatic carbocycles. The number of H-pyrrole nitrogens is 6. The summed E-state index contributed by atoms with van der Waals surface area (Å²) < 4.78 is 0. The third-order valence-corrected chi connectivity index (χ3v) is 18.9. The molecule has 6 N–H and O–H groups in total. The van der Waals surface area contributed by atoms with Crippen LogP contribution in [0.1, 0.15) is 178 Å².